The normalized spacial score (nSPS) is 17.9. The highest BCUT2D eigenvalue weighted by atomic mass is 32.1. The molecular weight excluding hydrogens is 356 g/mol. The zero-order valence-electron chi connectivity index (χ0n) is 15.5. The molecule has 0 bridgehead atoms. The molecule has 142 valence electrons. The largest absolute Gasteiger partial charge is 0.383 e. The van der Waals surface area contributed by atoms with Crippen molar-refractivity contribution in [1.82, 2.24) is 30.1 Å². The fraction of sp³-hybridized carbons (Fsp3) is 0.688. The van der Waals surface area contributed by atoms with Crippen molar-refractivity contribution >= 4 is 17.2 Å². The lowest BCUT2D eigenvalue weighted by Crippen LogP contribution is -2.42. The van der Waals surface area contributed by atoms with Gasteiger partial charge in [-0.05, 0) is 12.1 Å². The van der Waals surface area contributed by atoms with Crippen LogP contribution < -0.4 is 0 Å². The Balaban J connectivity index is 1.70. The second-order valence-electron chi connectivity index (χ2n) is 6.47. The number of carbonyl (C=O) groups is 1. The van der Waals surface area contributed by atoms with Crippen LogP contribution in [0.4, 0.5) is 0 Å². The summed E-state index contributed by atoms with van der Waals surface area (Å²) in [5.74, 6) is 0.790. The van der Waals surface area contributed by atoms with Crippen molar-refractivity contribution in [3.05, 3.63) is 21.4 Å². The maximum absolute atomic E-state index is 12.9. The molecule has 0 spiro atoms. The molecule has 10 heteroatoms. The van der Waals surface area contributed by atoms with Crippen molar-refractivity contribution in [2.45, 2.75) is 39.3 Å². The smallest absolute Gasteiger partial charge is 0.266 e. The van der Waals surface area contributed by atoms with E-state index in [1.807, 2.05) is 6.92 Å². The van der Waals surface area contributed by atoms with Crippen molar-refractivity contribution in [2.24, 2.45) is 0 Å². The first-order chi connectivity index (χ1) is 12.5. The quantitative estimate of drug-likeness (QED) is 0.748. The minimum absolute atomic E-state index is 0.00743. The van der Waals surface area contributed by atoms with E-state index in [-0.39, 0.29) is 12.0 Å². The van der Waals surface area contributed by atoms with Gasteiger partial charge >= 0.3 is 0 Å². The first-order valence-corrected chi connectivity index (χ1v) is 9.46. The molecule has 3 heterocycles. The van der Waals surface area contributed by atoms with Gasteiger partial charge in [0.1, 0.15) is 11.0 Å². The highest BCUT2D eigenvalue weighted by Crippen LogP contribution is 2.27. The Morgan fingerprint density at radius 2 is 2.27 bits per heavy atom. The number of tetrazole rings is 1. The molecule has 0 N–H and O–H groups in total. The fourth-order valence-corrected chi connectivity index (χ4v) is 3.69. The van der Waals surface area contributed by atoms with E-state index in [0.29, 0.717) is 49.5 Å². The Kier molecular flexibility index (Phi) is 5.94. The number of morpholine rings is 1. The Bertz CT molecular complexity index is 759. The maximum atomic E-state index is 12.9. The number of hydrogen-bond acceptors (Lipinski definition) is 8. The van der Waals surface area contributed by atoms with E-state index in [2.05, 4.69) is 34.2 Å². The summed E-state index contributed by atoms with van der Waals surface area (Å²) < 4.78 is 10.8. The Morgan fingerprint density at radius 3 is 2.96 bits per heavy atom. The lowest BCUT2D eigenvalue weighted by Gasteiger charge is -2.31. The molecule has 9 nitrogen and oxygen atoms in total. The Labute approximate surface area is 156 Å². The van der Waals surface area contributed by atoms with Crippen LogP contribution in [0.3, 0.4) is 0 Å². The molecule has 1 amide bonds. The van der Waals surface area contributed by atoms with E-state index in [9.17, 15) is 4.79 Å². The number of aryl methyl sites for hydroxylation is 1. The molecule has 26 heavy (non-hydrogen) atoms. The number of amides is 1. The van der Waals surface area contributed by atoms with Gasteiger partial charge in [-0.2, -0.15) is 4.80 Å². The van der Waals surface area contributed by atoms with Crippen LogP contribution in [0.5, 0.6) is 0 Å². The second-order valence-corrected chi connectivity index (χ2v) is 7.50. The average Bonchev–Trinajstić information content (AvgIpc) is 3.26. The number of hydrogen-bond donors (Lipinski definition) is 0. The highest BCUT2D eigenvalue weighted by Gasteiger charge is 2.31. The van der Waals surface area contributed by atoms with Crippen LogP contribution in [-0.4, -0.2) is 69.4 Å². The summed E-state index contributed by atoms with van der Waals surface area (Å²) in [6, 6.07) is 0. The number of methoxy groups -OCH3 is 1. The third-order valence-electron chi connectivity index (χ3n) is 4.11. The van der Waals surface area contributed by atoms with Gasteiger partial charge in [0.25, 0.3) is 5.91 Å². The minimum atomic E-state index is -0.373. The van der Waals surface area contributed by atoms with E-state index in [1.54, 1.807) is 12.0 Å². The van der Waals surface area contributed by atoms with Crippen LogP contribution in [0.25, 0.3) is 0 Å². The zero-order chi connectivity index (χ0) is 18.7. The molecule has 0 radical (unpaired) electrons. The van der Waals surface area contributed by atoms with Crippen LogP contribution >= 0.6 is 11.3 Å². The summed E-state index contributed by atoms with van der Waals surface area (Å²) in [6.45, 7) is 8.47. The molecule has 0 aromatic carbocycles. The van der Waals surface area contributed by atoms with Gasteiger partial charge in [0.05, 0.1) is 37.0 Å². The Hall–Kier alpha value is -1.91. The predicted molar refractivity (Wildman–Crippen MR) is 95.2 cm³/mol. The van der Waals surface area contributed by atoms with E-state index in [0.717, 1.165) is 10.7 Å². The molecule has 2 aromatic heterocycles. The van der Waals surface area contributed by atoms with Crippen LogP contribution in [0.15, 0.2) is 0 Å². The molecular formula is C16H24N6O3S. The van der Waals surface area contributed by atoms with Crippen LogP contribution in [0, 0.1) is 6.92 Å². The van der Waals surface area contributed by atoms with Crippen molar-refractivity contribution in [2.75, 3.05) is 33.4 Å². The molecule has 1 atom stereocenters. The van der Waals surface area contributed by atoms with Crippen molar-refractivity contribution in [1.29, 1.82) is 0 Å². The number of ether oxygens (including phenoxy) is 2. The first kappa shape index (κ1) is 18.9. The SMILES string of the molecule is COCCn1nnc(C2CN(C(=O)c3sc(C(C)C)nc3C)CCO2)n1. The molecule has 1 unspecified atom stereocenters. The van der Waals surface area contributed by atoms with Gasteiger partial charge in [0, 0.05) is 19.6 Å². The van der Waals surface area contributed by atoms with Crippen LogP contribution in [-0.2, 0) is 16.0 Å². The van der Waals surface area contributed by atoms with Gasteiger partial charge < -0.3 is 14.4 Å². The molecule has 1 fully saturated rings. The van der Waals surface area contributed by atoms with E-state index in [1.165, 1.54) is 16.1 Å². The molecule has 1 saturated heterocycles. The second kappa shape index (κ2) is 8.19. The predicted octanol–water partition coefficient (Wildman–Crippen LogP) is 1.42. The summed E-state index contributed by atoms with van der Waals surface area (Å²) in [7, 11) is 1.62. The summed E-state index contributed by atoms with van der Waals surface area (Å²) in [4.78, 5) is 21.4. The van der Waals surface area contributed by atoms with Crippen LogP contribution in [0.1, 0.15) is 52.1 Å². The standard InChI is InChI=1S/C16H24N6O3S/c1-10(2)15-17-11(3)13(26-15)16(23)21-5-8-25-12(9-21)14-18-20-22(19-14)6-7-24-4/h10,12H,5-9H2,1-4H3. The first-order valence-electron chi connectivity index (χ1n) is 8.64. The number of rotatable bonds is 6. The molecule has 0 aliphatic carbocycles. The number of thiazole rings is 1. The third kappa shape index (κ3) is 4.08. The van der Waals surface area contributed by atoms with Crippen molar-refractivity contribution in [3.63, 3.8) is 0 Å². The summed E-state index contributed by atoms with van der Waals surface area (Å²) >= 11 is 1.47. The van der Waals surface area contributed by atoms with Gasteiger partial charge in [-0.15, -0.1) is 21.5 Å². The lowest BCUT2D eigenvalue weighted by atomic mass is 10.2. The van der Waals surface area contributed by atoms with Gasteiger partial charge in [-0.25, -0.2) is 4.98 Å². The maximum Gasteiger partial charge on any atom is 0.266 e. The number of carbonyl (C=O) groups excluding carboxylic acids is 1. The van der Waals surface area contributed by atoms with E-state index >= 15 is 0 Å². The average molecular weight is 380 g/mol. The molecule has 1 aliphatic rings. The molecule has 2 aromatic rings. The monoisotopic (exact) mass is 380 g/mol. The van der Waals surface area contributed by atoms with Crippen molar-refractivity contribution < 1.29 is 14.3 Å². The fourth-order valence-electron chi connectivity index (χ4n) is 2.65. The molecule has 0 saturated carbocycles. The van der Waals surface area contributed by atoms with Gasteiger partial charge in [-0.1, -0.05) is 13.8 Å². The highest BCUT2D eigenvalue weighted by molar-refractivity contribution is 7.13. The summed E-state index contributed by atoms with van der Waals surface area (Å²) in [5, 5.41) is 13.4. The van der Waals surface area contributed by atoms with Gasteiger partial charge in [0.2, 0.25) is 5.82 Å². The van der Waals surface area contributed by atoms with Gasteiger partial charge in [0.15, 0.2) is 0 Å². The minimum Gasteiger partial charge on any atom is -0.383 e. The topological polar surface area (TPSA) is 95.3 Å². The van der Waals surface area contributed by atoms with E-state index in [4.69, 9.17) is 9.47 Å². The van der Waals surface area contributed by atoms with E-state index < -0.39 is 0 Å². The van der Waals surface area contributed by atoms with Crippen LogP contribution in [0.2, 0.25) is 0 Å². The van der Waals surface area contributed by atoms with Crippen molar-refractivity contribution in [3.8, 4) is 0 Å². The number of aromatic nitrogens is 5. The summed E-state index contributed by atoms with van der Waals surface area (Å²) in [5.41, 5.74) is 0.787. The third-order valence-corrected chi connectivity index (χ3v) is 5.55. The molecule has 1 aliphatic heterocycles. The molecule has 3 rings (SSSR count). The summed E-state index contributed by atoms with van der Waals surface area (Å²) in [6.07, 6.45) is -0.373. The zero-order valence-corrected chi connectivity index (χ0v) is 16.3. The van der Waals surface area contributed by atoms with Gasteiger partial charge in [-0.3, -0.25) is 4.79 Å². The Morgan fingerprint density at radius 1 is 1.46 bits per heavy atom. The lowest BCUT2D eigenvalue weighted by molar-refractivity contribution is -0.0268. The number of nitrogens with zero attached hydrogens (tertiary/aromatic N) is 6.